The first-order chi connectivity index (χ1) is 8.94. The first kappa shape index (κ1) is 14.0. The predicted molar refractivity (Wildman–Crippen MR) is 77.3 cm³/mol. The van der Waals surface area contributed by atoms with Gasteiger partial charge in [-0.1, -0.05) is 5.10 Å². The quantitative estimate of drug-likeness (QED) is 0.881. The fourth-order valence-electron chi connectivity index (χ4n) is 1.48. The van der Waals surface area contributed by atoms with Crippen LogP contribution in [-0.2, 0) is 13.1 Å². The summed E-state index contributed by atoms with van der Waals surface area (Å²) in [6, 6.07) is 2.58. The van der Waals surface area contributed by atoms with E-state index in [1.165, 1.54) is 10.4 Å². The molecule has 0 unspecified atom stereocenters. The second-order valence-corrected chi connectivity index (χ2v) is 6.49. The Labute approximate surface area is 117 Å². The summed E-state index contributed by atoms with van der Waals surface area (Å²) in [5.41, 5.74) is 1.32. The van der Waals surface area contributed by atoms with Gasteiger partial charge in [0.1, 0.15) is 0 Å². The maximum Gasteiger partial charge on any atom is 0.315 e. The van der Waals surface area contributed by atoms with Crippen LogP contribution in [0.15, 0.2) is 15.9 Å². The van der Waals surface area contributed by atoms with Crippen LogP contribution in [0.2, 0.25) is 0 Å². The van der Waals surface area contributed by atoms with Crippen LogP contribution in [0.4, 0.5) is 6.01 Å². The van der Waals surface area contributed by atoms with Crippen LogP contribution in [-0.4, -0.2) is 15.7 Å². The Morgan fingerprint density at radius 1 is 1.26 bits per heavy atom. The Morgan fingerprint density at radius 2 is 2.05 bits per heavy atom. The van der Waals surface area contributed by atoms with Crippen LogP contribution in [0.1, 0.15) is 37.1 Å². The molecule has 0 saturated heterocycles. The van der Waals surface area contributed by atoms with Crippen molar-refractivity contribution in [2.45, 2.75) is 46.3 Å². The Kier molecular flexibility index (Phi) is 4.21. The molecule has 19 heavy (non-hydrogen) atoms. The lowest BCUT2D eigenvalue weighted by molar-refractivity contribution is 0.383. The largest absolute Gasteiger partial charge is 0.407 e. The molecule has 0 aliphatic heterocycles. The van der Waals surface area contributed by atoms with Crippen molar-refractivity contribution in [1.82, 2.24) is 15.5 Å². The van der Waals surface area contributed by atoms with Crippen LogP contribution in [0, 0.1) is 6.92 Å². The molecule has 2 rings (SSSR count). The highest BCUT2D eigenvalue weighted by atomic mass is 32.1. The molecule has 0 spiro atoms. The monoisotopic (exact) mass is 280 g/mol. The smallest absolute Gasteiger partial charge is 0.315 e. The van der Waals surface area contributed by atoms with Crippen LogP contribution in [0.5, 0.6) is 0 Å². The maximum atomic E-state index is 5.53. The molecule has 0 aliphatic rings. The summed E-state index contributed by atoms with van der Waals surface area (Å²) < 4.78 is 5.53. The van der Waals surface area contributed by atoms with E-state index in [-0.39, 0.29) is 5.54 Å². The zero-order chi connectivity index (χ0) is 13.9. The number of hydrogen-bond acceptors (Lipinski definition) is 6. The Bertz CT molecular complexity index is 527. The van der Waals surface area contributed by atoms with Crippen molar-refractivity contribution in [3.05, 3.63) is 27.8 Å². The molecular formula is C13H20N4OS. The normalized spacial score (nSPS) is 11.8. The topological polar surface area (TPSA) is 63.0 Å². The number of rotatable bonds is 5. The van der Waals surface area contributed by atoms with Gasteiger partial charge in [0.15, 0.2) is 0 Å². The molecule has 0 atom stereocenters. The molecule has 0 fully saturated rings. The minimum Gasteiger partial charge on any atom is -0.407 e. The minimum atomic E-state index is 0.0378. The number of thiophene rings is 1. The lowest BCUT2D eigenvalue weighted by Crippen LogP contribution is -2.35. The second kappa shape index (κ2) is 5.71. The van der Waals surface area contributed by atoms with E-state index in [0.29, 0.717) is 18.5 Å². The third-order valence-corrected chi connectivity index (χ3v) is 3.63. The average molecular weight is 280 g/mol. The van der Waals surface area contributed by atoms with Gasteiger partial charge >= 0.3 is 6.01 Å². The zero-order valence-corrected chi connectivity index (χ0v) is 12.6. The number of hydrogen-bond donors (Lipinski definition) is 2. The van der Waals surface area contributed by atoms with Gasteiger partial charge < -0.3 is 15.1 Å². The zero-order valence-electron chi connectivity index (χ0n) is 11.8. The van der Waals surface area contributed by atoms with Crippen molar-refractivity contribution in [2.24, 2.45) is 0 Å². The van der Waals surface area contributed by atoms with Gasteiger partial charge in [0.25, 0.3) is 0 Å². The molecule has 0 radical (unpaired) electrons. The van der Waals surface area contributed by atoms with Gasteiger partial charge in [-0.3, -0.25) is 0 Å². The number of aryl methyl sites for hydroxylation is 1. The van der Waals surface area contributed by atoms with E-state index in [1.807, 2.05) is 0 Å². The summed E-state index contributed by atoms with van der Waals surface area (Å²) in [4.78, 5) is 1.28. The molecule has 2 aromatic rings. The molecule has 2 aromatic heterocycles. The highest BCUT2D eigenvalue weighted by molar-refractivity contribution is 7.10. The molecule has 2 heterocycles. The third kappa shape index (κ3) is 4.33. The van der Waals surface area contributed by atoms with Crippen LogP contribution < -0.4 is 10.6 Å². The van der Waals surface area contributed by atoms with E-state index in [2.05, 4.69) is 60.0 Å². The van der Waals surface area contributed by atoms with E-state index >= 15 is 0 Å². The van der Waals surface area contributed by atoms with Crippen molar-refractivity contribution in [3.8, 4) is 0 Å². The van der Waals surface area contributed by atoms with E-state index in [4.69, 9.17) is 4.42 Å². The van der Waals surface area contributed by atoms with Gasteiger partial charge in [0, 0.05) is 10.4 Å². The molecule has 0 aliphatic carbocycles. The number of nitrogens with one attached hydrogen (secondary N) is 2. The van der Waals surface area contributed by atoms with Crippen molar-refractivity contribution in [1.29, 1.82) is 0 Å². The number of aromatic nitrogens is 2. The molecule has 5 nitrogen and oxygen atoms in total. The van der Waals surface area contributed by atoms with Gasteiger partial charge in [-0.15, -0.1) is 16.4 Å². The van der Waals surface area contributed by atoms with Crippen LogP contribution >= 0.6 is 11.3 Å². The highest BCUT2D eigenvalue weighted by Gasteiger charge is 2.12. The molecular weight excluding hydrogens is 260 g/mol. The Morgan fingerprint density at radius 3 is 2.68 bits per heavy atom. The molecule has 0 aromatic carbocycles. The molecule has 0 bridgehead atoms. The SMILES string of the molecule is Cc1ccsc1CNc1nnc(CNC(C)(C)C)o1. The highest BCUT2D eigenvalue weighted by Crippen LogP contribution is 2.17. The number of anilines is 1. The summed E-state index contributed by atoms with van der Waals surface area (Å²) in [6.45, 7) is 9.69. The molecule has 0 saturated carbocycles. The van der Waals surface area contributed by atoms with Gasteiger partial charge in [0.2, 0.25) is 5.89 Å². The van der Waals surface area contributed by atoms with Crippen molar-refractivity contribution in [2.75, 3.05) is 5.32 Å². The summed E-state index contributed by atoms with van der Waals surface area (Å²) >= 11 is 1.72. The summed E-state index contributed by atoms with van der Waals surface area (Å²) in [6.07, 6.45) is 0. The third-order valence-electron chi connectivity index (χ3n) is 2.61. The minimum absolute atomic E-state index is 0.0378. The molecule has 0 amide bonds. The van der Waals surface area contributed by atoms with Crippen LogP contribution in [0.3, 0.4) is 0 Å². The second-order valence-electron chi connectivity index (χ2n) is 5.48. The van der Waals surface area contributed by atoms with E-state index in [0.717, 1.165) is 6.54 Å². The molecule has 6 heteroatoms. The fraction of sp³-hybridized carbons (Fsp3) is 0.538. The molecule has 104 valence electrons. The Balaban J connectivity index is 1.86. The summed E-state index contributed by atoms with van der Waals surface area (Å²) in [5, 5.41) is 16.5. The van der Waals surface area contributed by atoms with Crippen molar-refractivity contribution < 1.29 is 4.42 Å². The van der Waals surface area contributed by atoms with Crippen LogP contribution in [0.25, 0.3) is 0 Å². The predicted octanol–water partition coefficient (Wildman–Crippen LogP) is 2.94. The van der Waals surface area contributed by atoms with E-state index in [1.54, 1.807) is 11.3 Å². The van der Waals surface area contributed by atoms with Gasteiger partial charge in [0.05, 0.1) is 13.1 Å². The first-order valence-corrected chi connectivity index (χ1v) is 7.16. The van der Waals surface area contributed by atoms with Gasteiger partial charge in [-0.2, -0.15) is 0 Å². The van der Waals surface area contributed by atoms with E-state index < -0.39 is 0 Å². The summed E-state index contributed by atoms with van der Waals surface area (Å²) in [5.74, 6) is 0.598. The lowest BCUT2D eigenvalue weighted by atomic mass is 10.1. The number of nitrogens with zero attached hydrogens (tertiary/aromatic N) is 2. The fourth-order valence-corrected chi connectivity index (χ4v) is 2.32. The maximum absolute atomic E-state index is 5.53. The van der Waals surface area contributed by atoms with Crippen molar-refractivity contribution in [3.63, 3.8) is 0 Å². The first-order valence-electron chi connectivity index (χ1n) is 6.28. The standard InChI is InChI=1S/C13H20N4OS/c1-9-5-6-19-10(9)7-14-12-17-16-11(18-12)8-15-13(2,3)4/h5-6,15H,7-8H2,1-4H3,(H,14,17). The van der Waals surface area contributed by atoms with E-state index in [9.17, 15) is 0 Å². The lowest BCUT2D eigenvalue weighted by Gasteiger charge is -2.18. The average Bonchev–Trinajstić information content (AvgIpc) is 2.92. The van der Waals surface area contributed by atoms with Gasteiger partial charge in [-0.25, -0.2) is 0 Å². The van der Waals surface area contributed by atoms with Gasteiger partial charge in [-0.05, 0) is 44.7 Å². The summed E-state index contributed by atoms with van der Waals surface area (Å²) in [7, 11) is 0. The Hall–Kier alpha value is -1.40. The molecule has 2 N–H and O–H groups in total. The van der Waals surface area contributed by atoms with Crippen molar-refractivity contribution >= 4 is 17.4 Å².